The number of rotatable bonds is 6. The maximum Gasteiger partial charge on any atom is 0.224 e. The van der Waals surface area contributed by atoms with E-state index in [1.165, 1.54) is 16.4 Å². The minimum absolute atomic E-state index is 0.179. The van der Waals surface area contributed by atoms with Crippen molar-refractivity contribution in [2.24, 2.45) is 5.92 Å². The minimum atomic E-state index is -3.26. The Kier molecular flexibility index (Phi) is 5.95. The average Bonchev–Trinajstić information content (AvgIpc) is 2.51. The van der Waals surface area contributed by atoms with Crippen molar-refractivity contribution in [2.45, 2.75) is 12.8 Å². The second-order valence-electron chi connectivity index (χ2n) is 5.56. The molecular formula is C15H21FN2O4S. The SMILES string of the molecule is CS(=O)(=O)N1CCC[C@@H](C(=O)NCCOc2cccc(F)c2)C1. The third-order valence-corrected chi connectivity index (χ3v) is 4.96. The van der Waals surface area contributed by atoms with Crippen LogP contribution in [0.5, 0.6) is 5.75 Å². The zero-order valence-electron chi connectivity index (χ0n) is 13.0. The number of nitrogens with one attached hydrogen (secondary N) is 1. The van der Waals surface area contributed by atoms with Crippen molar-refractivity contribution in [3.63, 3.8) is 0 Å². The van der Waals surface area contributed by atoms with Crippen LogP contribution in [0, 0.1) is 11.7 Å². The molecule has 1 amide bonds. The van der Waals surface area contributed by atoms with Crippen molar-refractivity contribution in [1.82, 2.24) is 9.62 Å². The van der Waals surface area contributed by atoms with E-state index < -0.39 is 10.0 Å². The van der Waals surface area contributed by atoms with Crippen molar-refractivity contribution in [2.75, 3.05) is 32.5 Å². The van der Waals surface area contributed by atoms with Gasteiger partial charge in [-0.25, -0.2) is 17.1 Å². The molecule has 1 fully saturated rings. The first-order chi connectivity index (χ1) is 10.9. The predicted molar refractivity (Wildman–Crippen MR) is 84.0 cm³/mol. The number of carbonyl (C=O) groups is 1. The Bertz CT molecular complexity index is 651. The van der Waals surface area contributed by atoms with Gasteiger partial charge in [0.25, 0.3) is 0 Å². The molecule has 0 radical (unpaired) electrons. The van der Waals surface area contributed by atoms with Crippen LogP contribution in [-0.4, -0.2) is 51.1 Å². The number of amides is 1. The van der Waals surface area contributed by atoms with E-state index in [4.69, 9.17) is 4.74 Å². The fourth-order valence-corrected chi connectivity index (χ4v) is 3.41. The smallest absolute Gasteiger partial charge is 0.224 e. The van der Waals surface area contributed by atoms with Crippen LogP contribution in [0.2, 0.25) is 0 Å². The van der Waals surface area contributed by atoms with Gasteiger partial charge in [0.15, 0.2) is 0 Å². The summed E-state index contributed by atoms with van der Waals surface area (Å²) >= 11 is 0. The van der Waals surface area contributed by atoms with E-state index in [9.17, 15) is 17.6 Å². The normalized spacial score (nSPS) is 19.3. The highest BCUT2D eigenvalue weighted by Gasteiger charge is 2.29. The molecule has 6 nitrogen and oxygen atoms in total. The van der Waals surface area contributed by atoms with Crippen molar-refractivity contribution in [3.8, 4) is 5.75 Å². The van der Waals surface area contributed by atoms with Crippen LogP contribution in [0.25, 0.3) is 0 Å². The summed E-state index contributed by atoms with van der Waals surface area (Å²) in [5, 5.41) is 2.73. The molecule has 1 atom stereocenters. The lowest BCUT2D eigenvalue weighted by molar-refractivity contribution is -0.126. The highest BCUT2D eigenvalue weighted by atomic mass is 32.2. The molecule has 0 aromatic heterocycles. The highest BCUT2D eigenvalue weighted by molar-refractivity contribution is 7.88. The van der Waals surface area contributed by atoms with Crippen LogP contribution in [0.15, 0.2) is 24.3 Å². The van der Waals surface area contributed by atoms with Crippen molar-refractivity contribution in [3.05, 3.63) is 30.1 Å². The average molecular weight is 344 g/mol. The first-order valence-electron chi connectivity index (χ1n) is 7.47. The van der Waals surface area contributed by atoms with Crippen LogP contribution >= 0.6 is 0 Å². The van der Waals surface area contributed by atoms with Gasteiger partial charge in [0, 0.05) is 19.2 Å². The molecule has 0 unspecified atom stereocenters. The molecule has 128 valence electrons. The van der Waals surface area contributed by atoms with E-state index in [-0.39, 0.29) is 37.3 Å². The first kappa shape index (κ1) is 17.7. The van der Waals surface area contributed by atoms with E-state index in [0.717, 1.165) is 6.26 Å². The Hall–Kier alpha value is -1.67. The third kappa shape index (κ3) is 5.47. The molecule has 1 aromatic rings. The van der Waals surface area contributed by atoms with E-state index in [1.54, 1.807) is 12.1 Å². The molecule has 8 heteroatoms. The predicted octanol–water partition coefficient (Wildman–Crippen LogP) is 0.992. The van der Waals surface area contributed by atoms with Gasteiger partial charge in [-0.05, 0) is 25.0 Å². The Labute approximate surface area is 135 Å². The second kappa shape index (κ2) is 7.74. The van der Waals surface area contributed by atoms with Gasteiger partial charge in [0.1, 0.15) is 18.2 Å². The van der Waals surface area contributed by atoms with Gasteiger partial charge in [0.05, 0.1) is 18.7 Å². The Balaban J connectivity index is 1.74. The molecular weight excluding hydrogens is 323 g/mol. The molecule has 1 aliphatic heterocycles. The van der Waals surface area contributed by atoms with Crippen LogP contribution in [-0.2, 0) is 14.8 Å². The number of hydrogen-bond acceptors (Lipinski definition) is 4. The summed E-state index contributed by atoms with van der Waals surface area (Å²) in [4.78, 5) is 12.1. The van der Waals surface area contributed by atoms with Crippen LogP contribution < -0.4 is 10.1 Å². The molecule has 2 rings (SSSR count). The Morgan fingerprint density at radius 3 is 2.96 bits per heavy atom. The van der Waals surface area contributed by atoms with E-state index in [0.29, 0.717) is 25.1 Å². The standard InChI is InChI=1S/C15H21FN2O4S/c1-23(20,21)18-8-3-4-12(11-18)15(19)17-7-9-22-14-6-2-5-13(16)10-14/h2,5-6,10,12H,3-4,7-9,11H2,1H3,(H,17,19)/t12-/m1/s1. The number of sulfonamides is 1. The number of nitrogens with zero attached hydrogens (tertiary/aromatic N) is 1. The summed E-state index contributed by atoms with van der Waals surface area (Å²) in [5.74, 6) is -0.497. The molecule has 1 aromatic carbocycles. The summed E-state index contributed by atoms with van der Waals surface area (Å²) in [6.07, 6.45) is 2.49. The van der Waals surface area contributed by atoms with Gasteiger partial charge in [-0.3, -0.25) is 4.79 Å². The van der Waals surface area contributed by atoms with Crippen molar-refractivity contribution >= 4 is 15.9 Å². The van der Waals surface area contributed by atoms with Gasteiger partial charge in [0.2, 0.25) is 15.9 Å². The topological polar surface area (TPSA) is 75.7 Å². The summed E-state index contributed by atoms with van der Waals surface area (Å²) in [6, 6.07) is 5.78. The van der Waals surface area contributed by atoms with Crippen LogP contribution in [0.1, 0.15) is 12.8 Å². The van der Waals surface area contributed by atoms with Gasteiger partial charge in [-0.1, -0.05) is 6.07 Å². The minimum Gasteiger partial charge on any atom is -0.492 e. The molecule has 0 aliphatic carbocycles. The highest BCUT2D eigenvalue weighted by Crippen LogP contribution is 2.18. The molecule has 0 bridgehead atoms. The van der Waals surface area contributed by atoms with E-state index in [1.807, 2.05) is 0 Å². The number of piperidine rings is 1. The first-order valence-corrected chi connectivity index (χ1v) is 9.32. The quantitative estimate of drug-likeness (QED) is 0.781. The number of halogens is 1. The van der Waals surface area contributed by atoms with Gasteiger partial charge >= 0.3 is 0 Å². The van der Waals surface area contributed by atoms with Crippen LogP contribution in [0.4, 0.5) is 4.39 Å². The Morgan fingerprint density at radius 1 is 1.48 bits per heavy atom. The number of ether oxygens (including phenoxy) is 1. The van der Waals surface area contributed by atoms with Crippen molar-refractivity contribution < 1.29 is 22.3 Å². The van der Waals surface area contributed by atoms with Gasteiger partial charge < -0.3 is 10.1 Å². The molecule has 1 saturated heterocycles. The fourth-order valence-electron chi connectivity index (χ4n) is 2.50. The summed E-state index contributed by atoms with van der Waals surface area (Å²) in [6.45, 7) is 1.18. The summed E-state index contributed by atoms with van der Waals surface area (Å²) in [5.41, 5.74) is 0. The number of carbonyl (C=O) groups excluding carboxylic acids is 1. The monoisotopic (exact) mass is 344 g/mol. The van der Waals surface area contributed by atoms with Crippen molar-refractivity contribution in [1.29, 1.82) is 0 Å². The second-order valence-corrected chi connectivity index (χ2v) is 7.54. The maximum atomic E-state index is 13.0. The zero-order valence-corrected chi connectivity index (χ0v) is 13.8. The fraction of sp³-hybridized carbons (Fsp3) is 0.533. The largest absolute Gasteiger partial charge is 0.492 e. The maximum absolute atomic E-state index is 13.0. The number of hydrogen-bond donors (Lipinski definition) is 1. The zero-order chi connectivity index (χ0) is 16.9. The van der Waals surface area contributed by atoms with E-state index in [2.05, 4.69) is 5.32 Å². The summed E-state index contributed by atoms with van der Waals surface area (Å²) in [7, 11) is -3.26. The number of benzene rings is 1. The lowest BCUT2D eigenvalue weighted by Gasteiger charge is -2.30. The molecule has 0 spiro atoms. The summed E-state index contributed by atoms with van der Waals surface area (Å²) < 4.78 is 42.7. The van der Waals surface area contributed by atoms with Crippen LogP contribution in [0.3, 0.4) is 0 Å². The lowest BCUT2D eigenvalue weighted by atomic mass is 9.99. The molecule has 0 saturated carbocycles. The molecule has 23 heavy (non-hydrogen) atoms. The van der Waals surface area contributed by atoms with E-state index >= 15 is 0 Å². The Morgan fingerprint density at radius 2 is 2.26 bits per heavy atom. The molecule has 1 heterocycles. The van der Waals surface area contributed by atoms with Gasteiger partial charge in [-0.15, -0.1) is 0 Å². The molecule has 1 N–H and O–H groups in total. The third-order valence-electron chi connectivity index (χ3n) is 3.69. The lowest BCUT2D eigenvalue weighted by Crippen LogP contribution is -2.45. The van der Waals surface area contributed by atoms with Gasteiger partial charge in [-0.2, -0.15) is 0 Å². The molecule has 1 aliphatic rings.